The number of hydrogen-bond donors (Lipinski definition) is 1. The van der Waals surface area contributed by atoms with Crippen molar-refractivity contribution < 1.29 is 13.9 Å². The maximum absolute atomic E-state index is 12.8. The summed E-state index contributed by atoms with van der Waals surface area (Å²) in [5.74, 6) is 0.133. The number of rotatable bonds is 7. The Balaban J connectivity index is 1.29. The van der Waals surface area contributed by atoms with Crippen LogP contribution in [0.3, 0.4) is 0 Å². The van der Waals surface area contributed by atoms with Crippen molar-refractivity contribution in [2.24, 2.45) is 0 Å². The van der Waals surface area contributed by atoms with Crippen molar-refractivity contribution in [1.29, 1.82) is 0 Å². The Morgan fingerprint density at radius 2 is 1.82 bits per heavy atom. The van der Waals surface area contributed by atoms with E-state index >= 15 is 0 Å². The van der Waals surface area contributed by atoms with Crippen LogP contribution in [0.25, 0.3) is 0 Å². The van der Waals surface area contributed by atoms with E-state index in [1.165, 1.54) is 29.4 Å². The van der Waals surface area contributed by atoms with E-state index in [1.54, 1.807) is 19.2 Å². The van der Waals surface area contributed by atoms with E-state index in [1.807, 2.05) is 0 Å². The summed E-state index contributed by atoms with van der Waals surface area (Å²) in [6.45, 7) is 3.20. The number of nitrogens with zero attached hydrogens (tertiary/aromatic N) is 1. The Bertz CT molecular complexity index is 1060. The first kappa shape index (κ1) is 21.9. The van der Waals surface area contributed by atoms with Gasteiger partial charge in [0, 0.05) is 12.5 Å². The molecule has 0 bridgehead atoms. The predicted molar refractivity (Wildman–Crippen MR) is 128 cm³/mol. The molecule has 0 radical (unpaired) electrons. The maximum Gasteiger partial charge on any atom is 0.287 e. The third kappa shape index (κ3) is 4.23. The van der Waals surface area contributed by atoms with Gasteiger partial charge in [0.05, 0.1) is 18.4 Å². The number of carbonyl (C=O) groups is 1. The van der Waals surface area contributed by atoms with E-state index in [2.05, 4.69) is 64.8 Å². The molecule has 1 aliphatic carbocycles. The first-order chi connectivity index (χ1) is 16.2. The van der Waals surface area contributed by atoms with Crippen molar-refractivity contribution in [3.63, 3.8) is 0 Å². The molecule has 33 heavy (non-hydrogen) atoms. The van der Waals surface area contributed by atoms with Gasteiger partial charge in [0.15, 0.2) is 5.76 Å². The average Bonchev–Trinajstić information content (AvgIpc) is 3.48. The molecular weight excluding hydrogens is 412 g/mol. The van der Waals surface area contributed by atoms with Crippen LogP contribution in [0, 0.1) is 0 Å². The van der Waals surface area contributed by atoms with Gasteiger partial charge in [0.2, 0.25) is 0 Å². The second kappa shape index (κ2) is 9.54. The molecule has 0 saturated carbocycles. The van der Waals surface area contributed by atoms with Crippen molar-refractivity contribution in [2.75, 3.05) is 26.7 Å². The minimum absolute atomic E-state index is 0.0810. The second-order valence-corrected chi connectivity index (χ2v) is 9.26. The standard InChI is InChI=1S/C28H32N2O3/c1-32-26-25(29-27(31)24-14-8-20-33-24)22-12-5-6-13-23(22)28(26)15-18-30(19-16-28)17-7-11-21-9-3-2-4-10-21/h2-6,8-10,12-14,20,25-26H,7,11,15-19H2,1H3,(H,29,31)/t25-,26+/m1/s1. The molecule has 2 heterocycles. The lowest BCUT2D eigenvalue weighted by molar-refractivity contribution is -0.0114. The molecule has 1 spiro atoms. The van der Waals surface area contributed by atoms with Crippen LogP contribution >= 0.6 is 0 Å². The largest absolute Gasteiger partial charge is 0.459 e. The highest BCUT2D eigenvalue weighted by Crippen LogP contribution is 2.52. The van der Waals surface area contributed by atoms with Crippen LogP contribution in [-0.2, 0) is 16.6 Å². The van der Waals surface area contributed by atoms with Crippen LogP contribution in [0.4, 0.5) is 0 Å². The number of ether oxygens (including phenoxy) is 1. The van der Waals surface area contributed by atoms with Gasteiger partial charge < -0.3 is 19.4 Å². The molecule has 3 aromatic rings. The molecule has 1 fully saturated rings. The van der Waals surface area contributed by atoms with Crippen molar-refractivity contribution in [3.05, 3.63) is 95.4 Å². The van der Waals surface area contributed by atoms with Gasteiger partial charge >= 0.3 is 0 Å². The van der Waals surface area contributed by atoms with Gasteiger partial charge in [-0.05, 0) is 74.1 Å². The van der Waals surface area contributed by atoms with E-state index in [4.69, 9.17) is 9.15 Å². The fraction of sp³-hybridized carbons (Fsp3) is 0.393. The molecule has 2 atom stereocenters. The number of hydrogen-bond acceptors (Lipinski definition) is 4. The first-order valence-electron chi connectivity index (χ1n) is 11.9. The Kier molecular flexibility index (Phi) is 6.34. The molecular formula is C28H32N2O3. The van der Waals surface area contributed by atoms with Gasteiger partial charge in [-0.3, -0.25) is 4.79 Å². The van der Waals surface area contributed by atoms with Crippen LogP contribution in [-0.4, -0.2) is 43.7 Å². The lowest BCUT2D eigenvalue weighted by Crippen LogP contribution is -2.50. The highest BCUT2D eigenvalue weighted by molar-refractivity contribution is 5.91. The number of benzene rings is 2. The lowest BCUT2D eigenvalue weighted by atomic mass is 9.72. The third-order valence-corrected chi connectivity index (χ3v) is 7.50. The highest BCUT2D eigenvalue weighted by atomic mass is 16.5. The van der Waals surface area contributed by atoms with Crippen LogP contribution < -0.4 is 5.32 Å². The summed E-state index contributed by atoms with van der Waals surface area (Å²) >= 11 is 0. The number of furan rings is 1. The van der Waals surface area contributed by atoms with Crippen molar-refractivity contribution in [2.45, 2.75) is 43.2 Å². The number of amides is 1. The summed E-state index contributed by atoms with van der Waals surface area (Å²) in [7, 11) is 1.77. The maximum atomic E-state index is 12.8. The average molecular weight is 445 g/mol. The molecule has 1 aromatic heterocycles. The fourth-order valence-electron chi connectivity index (χ4n) is 5.87. The molecule has 0 unspecified atom stereocenters. The van der Waals surface area contributed by atoms with Crippen molar-refractivity contribution in [3.8, 4) is 0 Å². The lowest BCUT2D eigenvalue weighted by Gasteiger charge is -2.44. The van der Waals surface area contributed by atoms with Gasteiger partial charge in [-0.2, -0.15) is 0 Å². The molecule has 172 valence electrons. The fourth-order valence-corrected chi connectivity index (χ4v) is 5.87. The molecule has 5 heteroatoms. The zero-order valence-corrected chi connectivity index (χ0v) is 19.2. The van der Waals surface area contributed by atoms with Gasteiger partial charge in [-0.25, -0.2) is 0 Å². The molecule has 2 aliphatic rings. The van der Waals surface area contributed by atoms with E-state index in [0.29, 0.717) is 5.76 Å². The summed E-state index contributed by atoms with van der Waals surface area (Å²) in [6, 6.07) is 22.5. The van der Waals surface area contributed by atoms with Crippen molar-refractivity contribution >= 4 is 5.91 Å². The topological polar surface area (TPSA) is 54.7 Å². The number of methoxy groups -OCH3 is 1. The van der Waals surface area contributed by atoms with Crippen LogP contribution in [0.1, 0.15) is 52.5 Å². The number of likely N-dealkylation sites (tertiary alicyclic amines) is 1. The van der Waals surface area contributed by atoms with Gasteiger partial charge in [-0.1, -0.05) is 54.6 Å². The number of fused-ring (bicyclic) bond motifs is 2. The Hall–Kier alpha value is -2.89. The van der Waals surface area contributed by atoms with E-state index in [-0.39, 0.29) is 23.5 Å². The monoisotopic (exact) mass is 444 g/mol. The zero-order chi connectivity index (χ0) is 22.7. The number of carbonyl (C=O) groups excluding carboxylic acids is 1. The Morgan fingerprint density at radius 3 is 2.55 bits per heavy atom. The Morgan fingerprint density at radius 1 is 1.06 bits per heavy atom. The Labute approximate surface area is 195 Å². The summed E-state index contributed by atoms with van der Waals surface area (Å²) in [4.78, 5) is 15.4. The number of aryl methyl sites for hydroxylation is 1. The summed E-state index contributed by atoms with van der Waals surface area (Å²) < 4.78 is 11.5. The van der Waals surface area contributed by atoms with Crippen molar-refractivity contribution in [1.82, 2.24) is 10.2 Å². The molecule has 2 aromatic carbocycles. The molecule has 1 saturated heterocycles. The predicted octanol–water partition coefficient (Wildman–Crippen LogP) is 4.75. The zero-order valence-electron chi connectivity index (χ0n) is 19.2. The quantitative estimate of drug-likeness (QED) is 0.572. The molecule has 1 N–H and O–H groups in total. The van der Waals surface area contributed by atoms with Gasteiger partial charge in [0.25, 0.3) is 5.91 Å². The van der Waals surface area contributed by atoms with Crippen LogP contribution in [0.5, 0.6) is 0 Å². The molecule has 5 nitrogen and oxygen atoms in total. The first-order valence-corrected chi connectivity index (χ1v) is 11.9. The molecule has 1 aliphatic heterocycles. The van der Waals surface area contributed by atoms with E-state index < -0.39 is 0 Å². The SMILES string of the molecule is CO[C@H]1[C@H](NC(=O)c2ccco2)c2ccccc2C12CCN(CCCc1ccccc1)CC2. The van der Waals surface area contributed by atoms with Crippen LogP contribution in [0.2, 0.25) is 0 Å². The van der Waals surface area contributed by atoms with Crippen LogP contribution in [0.15, 0.2) is 77.4 Å². The van der Waals surface area contributed by atoms with Gasteiger partial charge in [0.1, 0.15) is 0 Å². The third-order valence-electron chi connectivity index (χ3n) is 7.50. The van der Waals surface area contributed by atoms with E-state index in [0.717, 1.165) is 38.9 Å². The smallest absolute Gasteiger partial charge is 0.287 e. The summed E-state index contributed by atoms with van der Waals surface area (Å²) in [6.07, 6.45) is 5.78. The molecule has 5 rings (SSSR count). The number of nitrogens with one attached hydrogen (secondary N) is 1. The second-order valence-electron chi connectivity index (χ2n) is 9.26. The van der Waals surface area contributed by atoms with E-state index in [9.17, 15) is 4.79 Å². The summed E-state index contributed by atoms with van der Waals surface area (Å²) in [5.41, 5.74) is 3.82. The minimum atomic E-state index is -0.197. The molecule has 1 amide bonds. The highest BCUT2D eigenvalue weighted by Gasteiger charge is 2.54. The minimum Gasteiger partial charge on any atom is -0.459 e. The summed E-state index contributed by atoms with van der Waals surface area (Å²) in [5, 5.41) is 3.20. The number of piperidine rings is 1. The normalized spacial score (nSPS) is 21.7. The van der Waals surface area contributed by atoms with Gasteiger partial charge in [-0.15, -0.1) is 0 Å².